The second-order valence-corrected chi connectivity index (χ2v) is 8.41. The highest BCUT2D eigenvalue weighted by atomic mass is 16.5. The number of benzene rings is 1. The van der Waals surface area contributed by atoms with E-state index >= 15 is 0 Å². The van der Waals surface area contributed by atoms with Gasteiger partial charge in [-0.3, -0.25) is 9.59 Å². The van der Waals surface area contributed by atoms with Gasteiger partial charge < -0.3 is 30.4 Å². The summed E-state index contributed by atoms with van der Waals surface area (Å²) in [6.45, 7) is 6.97. The van der Waals surface area contributed by atoms with Gasteiger partial charge in [-0.15, -0.1) is 0 Å². The number of anilines is 2. The summed E-state index contributed by atoms with van der Waals surface area (Å²) < 4.78 is 10.7. The van der Waals surface area contributed by atoms with Crippen LogP contribution in [0, 0.1) is 11.8 Å². The van der Waals surface area contributed by atoms with Gasteiger partial charge in [0.2, 0.25) is 5.91 Å². The predicted molar refractivity (Wildman–Crippen MR) is 137 cm³/mol. The molecule has 0 aliphatic carbocycles. The first-order valence-corrected chi connectivity index (χ1v) is 11.7. The number of nitrogens with one attached hydrogen (secondary N) is 2. The quantitative estimate of drug-likeness (QED) is 0.413. The lowest BCUT2D eigenvalue weighted by Crippen LogP contribution is -2.45. The van der Waals surface area contributed by atoms with Crippen LogP contribution in [0.15, 0.2) is 37.1 Å². The topological polar surface area (TPSA) is 122 Å². The largest absolute Gasteiger partial charge is 0.497 e. The lowest BCUT2D eigenvalue weighted by atomic mass is 10.0. The molecule has 1 aromatic heterocycles. The van der Waals surface area contributed by atoms with E-state index in [4.69, 9.17) is 15.2 Å². The molecule has 0 spiro atoms. The van der Waals surface area contributed by atoms with Crippen molar-refractivity contribution < 1.29 is 19.1 Å². The molecule has 4 N–H and O–H groups in total. The van der Waals surface area contributed by atoms with Gasteiger partial charge in [0.15, 0.2) is 0 Å². The zero-order valence-electron chi connectivity index (χ0n) is 20.6. The molecule has 10 nitrogen and oxygen atoms in total. The number of fused-ring (bicyclic) bond motifs is 1. The number of nitrogens with two attached hydrogens (primary N) is 1. The maximum Gasteiger partial charge on any atom is 0.255 e. The Hall–Kier alpha value is -4.23. The SMILES string of the molecule is C=CC(=O)N1CCC(N2N[C@@H](C#Cc3cc(OC)cc(OC)c3)c3c(N)ncc(C(=O)NCC)c32)C1. The van der Waals surface area contributed by atoms with Crippen LogP contribution in [0.25, 0.3) is 0 Å². The highest BCUT2D eigenvalue weighted by Gasteiger charge is 2.40. The van der Waals surface area contributed by atoms with E-state index in [0.717, 1.165) is 0 Å². The lowest BCUT2D eigenvalue weighted by Gasteiger charge is -2.28. The van der Waals surface area contributed by atoms with Gasteiger partial charge in [-0.2, -0.15) is 0 Å². The molecule has 2 atom stereocenters. The minimum absolute atomic E-state index is 0.0914. The van der Waals surface area contributed by atoms with Gasteiger partial charge in [0.1, 0.15) is 23.4 Å². The van der Waals surface area contributed by atoms with Gasteiger partial charge in [0, 0.05) is 37.5 Å². The molecule has 1 saturated heterocycles. The van der Waals surface area contributed by atoms with E-state index in [1.165, 1.54) is 12.3 Å². The van der Waals surface area contributed by atoms with Gasteiger partial charge in [-0.05, 0) is 31.6 Å². The van der Waals surface area contributed by atoms with Crippen LogP contribution in [0.4, 0.5) is 11.5 Å². The Morgan fingerprint density at radius 3 is 2.67 bits per heavy atom. The van der Waals surface area contributed by atoms with Crippen molar-refractivity contribution >= 4 is 23.3 Å². The fraction of sp³-hybridized carbons (Fsp3) is 0.346. The molecule has 2 aliphatic rings. The van der Waals surface area contributed by atoms with Crippen LogP contribution in [0.2, 0.25) is 0 Å². The minimum atomic E-state index is -0.525. The maximum absolute atomic E-state index is 12.9. The molecule has 2 aliphatic heterocycles. The summed E-state index contributed by atoms with van der Waals surface area (Å²) in [5.74, 6) is 7.55. The van der Waals surface area contributed by atoms with Crippen LogP contribution in [0.3, 0.4) is 0 Å². The third-order valence-corrected chi connectivity index (χ3v) is 6.23. The van der Waals surface area contributed by atoms with Crippen molar-refractivity contribution in [3.63, 3.8) is 0 Å². The predicted octanol–water partition coefficient (Wildman–Crippen LogP) is 1.63. The van der Waals surface area contributed by atoms with E-state index in [1.807, 2.05) is 24.1 Å². The molecule has 2 amide bonds. The van der Waals surface area contributed by atoms with Crippen LogP contribution in [0.5, 0.6) is 11.5 Å². The van der Waals surface area contributed by atoms with Crippen molar-refractivity contribution in [3.05, 3.63) is 53.7 Å². The Kier molecular flexibility index (Phi) is 7.31. The van der Waals surface area contributed by atoms with Crippen molar-refractivity contribution in [2.45, 2.75) is 25.4 Å². The molecule has 0 bridgehead atoms. The Balaban J connectivity index is 1.75. The number of carbonyl (C=O) groups excluding carboxylic acids is 2. The number of rotatable bonds is 6. The first-order valence-electron chi connectivity index (χ1n) is 11.7. The molecular formula is C26H30N6O4. The number of likely N-dealkylation sites (tertiary alicyclic amines) is 1. The highest BCUT2D eigenvalue weighted by Crippen LogP contribution is 2.41. The molecule has 36 heavy (non-hydrogen) atoms. The summed E-state index contributed by atoms with van der Waals surface area (Å²) in [5.41, 5.74) is 12.1. The molecule has 10 heteroatoms. The van der Waals surface area contributed by atoms with Crippen LogP contribution in [-0.2, 0) is 4.79 Å². The number of nitrogens with zero attached hydrogens (tertiary/aromatic N) is 3. The molecule has 0 saturated carbocycles. The number of ether oxygens (including phenoxy) is 2. The van der Waals surface area contributed by atoms with E-state index in [0.29, 0.717) is 59.9 Å². The first kappa shape index (κ1) is 24.9. The zero-order valence-corrected chi connectivity index (χ0v) is 20.6. The van der Waals surface area contributed by atoms with Gasteiger partial charge in [-0.25, -0.2) is 10.4 Å². The summed E-state index contributed by atoms with van der Waals surface area (Å²) in [5, 5.41) is 4.76. The van der Waals surface area contributed by atoms with Crippen molar-refractivity contribution in [1.29, 1.82) is 0 Å². The third-order valence-electron chi connectivity index (χ3n) is 6.23. The van der Waals surface area contributed by atoms with Gasteiger partial charge >= 0.3 is 0 Å². The monoisotopic (exact) mass is 490 g/mol. The third kappa shape index (κ3) is 4.78. The molecule has 0 radical (unpaired) electrons. The Labute approximate surface area is 210 Å². The van der Waals surface area contributed by atoms with Crippen molar-refractivity contribution in [2.75, 3.05) is 44.6 Å². The number of amides is 2. The number of carbonyl (C=O) groups is 2. The molecule has 1 unspecified atom stereocenters. The van der Waals surface area contributed by atoms with Crippen molar-refractivity contribution in [3.8, 4) is 23.3 Å². The Morgan fingerprint density at radius 2 is 2.03 bits per heavy atom. The number of methoxy groups -OCH3 is 2. The molecule has 4 rings (SSSR count). The zero-order chi connectivity index (χ0) is 25.8. The molecular weight excluding hydrogens is 460 g/mol. The second kappa shape index (κ2) is 10.6. The number of hydrogen-bond donors (Lipinski definition) is 3. The van der Waals surface area contributed by atoms with Crippen molar-refractivity contribution in [2.24, 2.45) is 0 Å². The second-order valence-electron chi connectivity index (χ2n) is 8.41. The van der Waals surface area contributed by atoms with E-state index in [1.54, 1.807) is 25.2 Å². The number of hydrazine groups is 1. The number of nitrogen functional groups attached to an aromatic ring is 1. The van der Waals surface area contributed by atoms with Crippen LogP contribution in [-0.4, -0.2) is 61.6 Å². The lowest BCUT2D eigenvalue weighted by molar-refractivity contribution is -0.125. The average Bonchev–Trinajstić information content (AvgIpc) is 3.53. The van der Waals surface area contributed by atoms with E-state index in [9.17, 15) is 9.59 Å². The van der Waals surface area contributed by atoms with Gasteiger partial charge in [-0.1, -0.05) is 18.4 Å². The van der Waals surface area contributed by atoms with Crippen LogP contribution in [0.1, 0.15) is 40.9 Å². The number of aromatic nitrogens is 1. The standard InChI is InChI=1S/C26H30N6O4/c1-5-22(33)31-10-9-17(15-31)32-24-20(26(34)28-6-2)14-29-25(27)23(24)21(30-32)8-7-16-11-18(35-3)13-19(12-16)36-4/h5,11-14,17,21,30H,1,6,9-10,15H2,2-4H3,(H2,27,29)(H,28,34)/t17?,21-/m0/s1. The van der Waals surface area contributed by atoms with Gasteiger partial charge in [0.05, 0.1) is 37.1 Å². The van der Waals surface area contributed by atoms with Gasteiger partial charge in [0.25, 0.3) is 5.91 Å². The fourth-order valence-electron chi connectivity index (χ4n) is 4.47. The molecule has 1 aromatic carbocycles. The smallest absolute Gasteiger partial charge is 0.255 e. The fourth-order valence-corrected chi connectivity index (χ4v) is 4.47. The molecule has 3 heterocycles. The van der Waals surface area contributed by atoms with E-state index < -0.39 is 6.04 Å². The molecule has 188 valence electrons. The van der Waals surface area contributed by atoms with Crippen LogP contribution >= 0.6 is 0 Å². The average molecular weight is 491 g/mol. The Morgan fingerprint density at radius 1 is 1.31 bits per heavy atom. The summed E-state index contributed by atoms with van der Waals surface area (Å²) in [4.78, 5) is 31.2. The molecule has 2 aromatic rings. The number of pyridine rings is 1. The first-order chi connectivity index (χ1) is 17.4. The van der Waals surface area contributed by atoms with Crippen molar-refractivity contribution in [1.82, 2.24) is 20.6 Å². The summed E-state index contributed by atoms with van der Waals surface area (Å²) >= 11 is 0. The van der Waals surface area contributed by atoms with E-state index in [2.05, 4.69) is 34.1 Å². The minimum Gasteiger partial charge on any atom is -0.497 e. The maximum atomic E-state index is 12.9. The van der Waals surface area contributed by atoms with Crippen LogP contribution < -0.4 is 31.0 Å². The Bertz CT molecular complexity index is 1230. The highest BCUT2D eigenvalue weighted by molar-refractivity contribution is 6.01. The summed E-state index contributed by atoms with van der Waals surface area (Å²) in [6, 6.07) is 4.78. The summed E-state index contributed by atoms with van der Waals surface area (Å²) in [7, 11) is 3.16. The number of hydrogen-bond acceptors (Lipinski definition) is 8. The molecule has 1 fully saturated rings. The normalized spacial score (nSPS) is 18.2. The summed E-state index contributed by atoms with van der Waals surface area (Å²) in [6.07, 6.45) is 3.50. The van der Waals surface area contributed by atoms with E-state index in [-0.39, 0.29) is 23.7 Å².